The molecule has 0 bridgehead atoms. The van der Waals surface area contributed by atoms with E-state index in [0.29, 0.717) is 6.42 Å². The number of nitrogens with one attached hydrogen (secondary N) is 2. The van der Waals surface area contributed by atoms with Crippen molar-refractivity contribution in [1.29, 1.82) is 0 Å². The van der Waals surface area contributed by atoms with Crippen LogP contribution in [0, 0.1) is 0 Å². The minimum absolute atomic E-state index is 0.0710. The summed E-state index contributed by atoms with van der Waals surface area (Å²) in [4.78, 5) is 15.7. The van der Waals surface area contributed by atoms with Gasteiger partial charge in [-0.2, -0.15) is 0 Å². The van der Waals surface area contributed by atoms with Crippen molar-refractivity contribution in [2.45, 2.75) is 18.5 Å². The third-order valence-corrected chi connectivity index (χ3v) is 5.13. The Morgan fingerprint density at radius 3 is 2.67 bits per heavy atom. The Morgan fingerprint density at radius 2 is 1.92 bits per heavy atom. The molecule has 0 saturated heterocycles. The van der Waals surface area contributed by atoms with E-state index in [0.717, 1.165) is 21.2 Å². The average Bonchev–Trinajstić information content (AvgIpc) is 2.99. The van der Waals surface area contributed by atoms with Crippen molar-refractivity contribution < 1.29 is 9.53 Å². The number of hydrogen-bond donors (Lipinski definition) is 2. The van der Waals surface area contributed by atoms with Crippen LogP contribution in [0.15, 0.2) is 53.0 Å². The lowest BCUT2D eigenvalue weighted by Crippen LogP contribution is -2.45. The summed E-state index contributed by atoms with van der Waals surface area (Å²) >= 11 is 3.47. The number of carbonyl (C=O) groups is 1. The second-order valence-corrected chi connectivity index (χ2v) is 6.91. The molecule has 1 aromatic heterocycles. The quantitative estimate of drug-likeness (QED) is 0.662. The lowest BCUT2D eigenvalue weighted by molar-refractivity contribution is -0.143. The van der Waals surface area contributed by atoms with Crippen molar-refractivity contribution in [3.63, 3.8) is 0 Å². The van der Waals surface area contributed by atoms with E-state index in [1.807, 2.05) is 24.3 Å². The first kappa shape index (κ1) is 15.4. The van der Waals surface area contributed by atoms with Gasteiger partial charge in [-0.25, -0.2) is 0 Å². The van der Waals surface area contributed by atoms with Crippen LogP contribution in [-0.4, -0.2) is 24.1 Å². The summed E-state index contributed by atoms with van der Waals surface area (Å²) in [6.07, 6.45) is 0.624. The Morgan fingerprint density at radius 1 is 1.17 bits per heavy atom. The zero-order valence-corrected chi connectivity index (χ0v) is 14.8. The smallest absolute Gasteiger partial charge is 0.323 e. The number of fused-ring (bicyclic) bond motifs is 3. The first-order valence-corrected chi connectivity index (χ1v) is 8.65. The number of H-pyrrole nitrogens is 1. The Balaban J connectivity index is 1.86. The molecule has 0 aliphatic carbocycles. The average molecular weight is 385 g/mol. The Hall–Kier alpha value is -2.11. The van der Waals surface area contributed by atoms with E-state index in [1.54, 1.807) is 0 Å². The summed E-state index contributed by atoms with van der Waals surface area (Å²) in [5.41, 5.74) is 4.52. The molecule has 3 aromatic rings. The summed E-state index contributed by atoms with van der Waals surface area (Å²) in [6.45, 7) is 0. The Labute approximate surface area is 148 Å². The molecule has 2 heterocycles. The molecule has 0 unspecified atom stereocenters. The number of carbonyl (C=O) groups excluding carboxylic acids is 1. The van der Waals surface area contributed by atoms with Crippen LogP contribution in [0.25, 0.3) is 10.9 Å². The fourth-order valence-electron chi connectivity index (χ4n) is 3.45. The molecule has 4 rings (SSSR count). The van der Waals surface area contributed by atoms with Crippen molar-refractivity contribution in [3.05, 3.63) is 69.8 Å². The fourth-order valence-corrected chi connectivity index (χ4v) is 3.71. The van der Waals surface area contributed by atoms with Crippen LogP contribution >= 0.6 is 15.9 Å². The molecule has 24 heavy (non-hydrogen) atoms. The summed E-state index contributed by atoms with van der Waals surface area (Å²) in [5.74, 6) is -0.229. The zero-order valence-electron chi connectivity index (χ0n) is 13.2. The first-order valence-electron chi connectivity index (χ1n) is 7.86. The minimum Gasteiger partial charge on any atom is -0.468 e. The standard InChI is InChI=1S/C19H17BrN2O2/c1-24-19(23)16-10-14-13-4-2-3-5-15(13)21-18(14)17(22-16)11-6-8-12(20)9-7-11/h2-9,16-17,21-22H,10H2,1H3/t16-,17-/m0/s1. The largest absolute Gasteiger partial charge is 0.468 e. The lowest BCUT2D eigenvalue weighted by Gasteiger charge is -2.30. The van der Waals surface area contributed by atoms with Gasteiger partial charge in [0.2, 0.25) is 0 Å². The second kappa shape index (κ2) is 6.07. The molecule has 1 aliphatic rings. The molecule has 0 fully saturated rings. The molecule has 2 aromatic carbocycles. The van der Waals surface area contributed by atoms with Crippen molar-refractivity contribution in [2.75, 3.05) is 7.11 Å². The summed E-state index contributed by atoms with van der Waals surface area (Å²) in [6, 6.07) is 16.0. The van der Waals surface area contributed by atoms with Crippen LogP contribution < -0.4 is 5.32 Å². The van der Waals surface area contributed by atoms with Crippen molar-refractivity contribution in [2.24, 2.45) is 0 Å². The van der Waals surface area contributed by atoms with Crippen LogP contribution in [0.3, 0.4) is 0 Å². The number of esters is 1. The molecule has 4 nitrogen and oxygen atoms in total. The number of ether oxygens (including phenoxy) is 1. The maximum absolute atomic E-state index is 12.2. The van der Waals surface area contributed by atoms with E-state index in [-0.39, 0.29) is 18.1 Å². The predicted molar refractivity (Wildman–Crippen MR) is 96.9 cm³/mol. The van der Waals surface area contributed by atoms with Gasteiger partial charge in [0.05, 0.1) is 13.2 Å². The molecule has 0 radical (unpaired) electrons. The van der Waals surface area contributed by atoms with Gasteiger partial charge < -0.3 is 9.72 Å². The normalized spacial score (nSPS) is 19.9. The van der Waals surface area contributed by atoms with Gasteiger partial charge >= 0.3 is 5.97 Å². The second-order valence-electron chi connectivity index (χ2n) is 5.99. The van der Waals surface area contributed by atoms with E-state index in [9.17, 15) is 4.79 Å². The molecule has 1 aliphatic heterocycles. The highest BCUT2D eigenvalue weighted by molar-refractivity contribution is 9.10. The van der Waals surface area contributed by atoms with E-state index in [1.165, 1.54) is 18.1 Å². The molecule has 0 spiro atoms. The maximum atomic E-state index is 12.2. The van der Waals surface area contributed by atoms with Crippen LogP contribution in [0.1, 0.15) is 22.9 Å². The van der Waals surface area contributed by atoms with Crippen LogP contribution in [0.2, 0.25) is 0 Å². The summed E-state index contributed by atoms with van der Waals surface area (Å²) in [5, 5.41) is 4.61. The van der Waals surface area contributed by atoms with Gasteiger partial charge in [-0.1, -0.05) is 46.3 Å². The van der Waals surface area contributed by atoms with E-state index < -0.39 is 0 Å². The summed E-state index contributed by atoms with van der Waals surface area (Å²) < 4.78 is 6.01. The SMILES string of the molecule is COC(=O)[C@@H]1Cc2c([nH]c3ccccc23)[C@H](c2ccc(Br)cc2)N1. The first-order chi connectivity index (χ1) is 11.7. The number of aromatic nitrogens is 1. The van der Waals surface area contributed by atoms with Gasteiger partial charge in [0.1, 0.15) is 6.04 Å². The number of para-hydroxylation sites is 1. The molecule has 2 atom stereocenters. The number of hydrogen-bond acceptors (Lipinski definition) is 3. The summed E-state index contributed by atoms with van der Waals surface area (Å²) in [7, 11) is 1.43. The van der Waals surface area contributed by atoms with E-state index in [4.69, 9.17) is 4.74 Å². The van der Waals surface area contributed by atoms with Crippen LogP contribution in [-0.2, 0) is 16.0 Å². The third kappa shape index (κ3) is 2.54. The van der Waals surface area contributed by atoms with E-state index >= 15 is 0 Å². The molecular formula is C19H17BrN2O2. The van der Waals surface area contributed by atoms with Gasteiger partial charge in [-0.05, 0) is 29.3 Å². The van der Waals surface area contributed by atoms with Gasteiger partial charge in [0.25, 0.3) is 0 Å². The minimum atomic E-state index is -0.352. The topological polar surface area (TPSA) is 54.1 Å². The molecule has 5 heteroatoms. The maximum Gasteiger partial charge on any atom is 0.323 e. The van der Waals surface area contributed by atoms with Gasteiger partial charge in [-0.15, -0.1) is 0 Å². The van der Waals surface area contributed by atoms with Crippen molar-refractivity contribution in [1.82, 2.24) is 10.3 Å². The number of benzene rings is 2. The van der Waals surface area contributed by atoms with E-state index in [2.05, 4.69) is 50.5 Å². The highest BCUT2D eigenvalue weighted by atomic mass is 79.9. The van der Waals surface area contributed by atoms with Crippen molar-refractivity contribution in [3.8, 4) is 0 Å². The fraction of sp³-hybridized carbons (Fsp3) is 0.211. The van der Waals surface area contributed by atoms with Gasteiger partial charge in [-0.3, -0.25) is 10.1 Å². The number of methoxy groups -OCH3 is 1. The highest BCUT2D eigenvalue weighted by Crippen LogP contribution is 2.35. The zero-order chi connectivity index (χ0) is 16.7. The predicted octanol–water partition coefficient (Wildman–Crippen LogP) is 3.71. The van der Waals surface area contributed by atoms with Crippen LogP contribution in [0.4, 0.5) is 0 Å². The Kier molecular flexibility index (Phi) is 3.90. The van der Waals surface area contributed by atoms with Gasteiger partial charge in [0.15, 0.2) is 0 Å². The molecule has 0 saturated carbocycles. The molecular weight excluding hydrogens is 368 g/mol. The number of aromatic amines is 1. The monoisotopic (exact) mass is 384 g/mol. The number of halogens is 1. The highest BCUT2D eigenvalue weighted by Gasteiger charge is 2.34. The molecule has 122 valence electrons. The Bertz CT molecular complexity index is 901. The van der Waals surface area contributed by atoms with Crippen LogP contribution in [0.5, 0.6) is 0 Å². The lowest BCUT2D eigenvalue weighted by atomic mass is 9.90. The van der Waals surface area contributed by atoms with Gasteiger partial charge in [0, 0.05) is 27.5 Å². The number of rotatable bonds is 2. The molecule has 2 N–H and O–H groups in total. The molecule has 0 amide bonds. The third-order valence-electron chi connectivity index (χ3n) is 4.60. The van der Waals surface area contributed by atoms with Crippen molar-refractivity contribution >= 4 is 32.8 Å².